The van der Waals surface area contributed by atoms with Gasteiger partial charge in [-0.05, 0) is 42.7 Å². The molecular weight excluding hydrogens is 230 g/mol. The molecule has 0 spiro atoms. The topological polar surface area (TPSA) is 86.7 Å². The number of aryl methyl sites for hydroxylation is 1. The molecule has 0 aliphatic rings. The van der Waals surface area contributed by atoms with Crippen molar-refractivity contribution in [3.8, 4) is 17.0 Å². The molecule has 1 aromatic carbocycles. The van der Waals surface area contributed by atoms with E-state index in [9.17, 15) is 0 Å². The first-order valence-corrected chi connectivity index (χ1v) is 5.59. The highest BCUT2D eigenvalue weighted by molar-refractivity contribution is 5.69. The number of aromatic nitrogens is 2. The fraction of sp³-hybridized carbons (Fsp3) is 0.250. The predicted molar refractivity (Wildman–Crippen MR) is 68.7 cm³/mol. The molecule has 1 heterocycles. The molecule has 0 radical (unpaired) electrons. The van der Waals surface area contributed by atoms with Gasteiger partial charge in [0.25, 0.3) is 0 Å². The van der Waals surface area contributed by atoms with Crippen molar-refractivity contribution in [3.05, 3.63) is 40.3 Å². The number of aromatic amines is 1. The molecule has 2 aromatic rings. The number of benzene rings is 1. The number of nitrogens with zero attached hydrogens (tertiary/aromatic N) is 4. The Kier molecular flexibility index (Phi) is 3.50. The monoisotopic (exact) mass is 243 g/mol. The highest BCUT2D eigenvalue weighted by Crippen LogP contribution is 2.31. The summed E-state index contributed by atoms with van der Waals surface area (Å²) in [6, 6.07) is 7.57. The predicted octanol–water partition coefficient (Wildman–Crippen LogP) is 3.73. The third-order valence-corrected chi connectivity index (χ3v) is 2.43. The number of H-pyrrole nitrogens is 1. The van der Waals surface area contributed by atoms with Crippen molar-refractivity contribution in [2.24, 2.45) is 5.11 Å². The highest BCUT2D eigenvalue weighted by Gasteiger charge is 2.09. The van der Waals surface area contributed by atoms with Gasteiger partial charge in [-0.1, -0.05) is 11.6 Å². The molecule has 0 saturated heterocycles. The van der Waals surface area contributed by atoms with Crippen molar-refractivity contribution in [1.29, 1.82) is 0 Å². The van der Waals surface area contributed by atoms with E-state index >= 15 is 0 Å². The molecule has 1 N–H and O–H groups in total. The van der Waals surface area contributed by atoms with Crippen LogP contribution in [0.1, 0.15) is 12.5 Å². The molecule has 1 aromatic heterocycles. The minimum atomic E-state index is 0.386. The van der Waals surface area contributed by atoms with Gasteiger partial charge in [0, 0.05) is 10.5 Å². The van der Waals surface area contributed by atoms with Crippen molar-refractivity contribution in [3.63, 3.8) is 0 Å². The Balaban J connectivity index is 2.46. The van der Waals surface area contributed by atoms with Gasteiger partial charge < -0.3 is 4.74 Å². The summed E-state index contributed by atoms with van der Waals surface area (Å²) in [4.78, 5) is 2.71. The lowest BCUT2D eigenvalue weighted by Crippen LogP contribution is -1.94. The standard InChI is InChI=1S/C12H13N5O/c1-3-18-11-5-4-8(2)6-9(11)10-7-12(15-14-10)16-17-13/h4-7H,3H2,1-2H3,(H,14,15). The third kappa shape index (κ3) is 2.44. The van der Waals surface area contributed by atoms with Crippen LogP contribution in [0.5, 0.6) is 5.75 Å². The van der Waals surface area contributed by atoms with E-state index in [-0.39, 0.29) is 0 Å². The van der Waals surface area contributed by atoms with E-state index < -0.39 is 0 Å². The van der Waals surface area contributed by atoms with Crippen LogP contribution < -0.4 is 4.74 Å². The van der Waals surface area contributed by atoms with Crippen LogP contribution in [0.15, 0.2) is 29.4 Å². The lowest BCUT2D eigenvalue weighted by atomic mass is 10.1. The second-order valence-corrected chi connectivity index (χ2v) is 3.76. The van der Waals surface area contributed by atoms with E-state index in [2.05, 4.69) is 20.2 Å². The van der Waals surface area contributed by atoms with Crippen LogP contribution in [0.4, 0.5) is 5.82 Å². The van der Waals surface area contributed by atoms with Crippen LogP contribution in [-0.2, 0) is 0 Å². The lowest BCUT2D eigenvalue weighted by Gasteiger charge is -2.08. The molecule has 0 bridgehead atoms. The number of hydrogen-bond acceptors (Lipinski definition) is 3. The van der Waals surface area contributed by atoms with E-state index in [0.717, 1.165) is 16.9 Å². The van der Waals surface area contributed by atoms with Crippen LogP contribution in [0.3, 0.4) is 0 Å². The van der Waals surface area contributed by atoms with Crippen LogP contribution in [0.2, 0.25) is 0 Å². The molecule has 2 rings (SSSR count). The molecule has 18 heavy (non-hydrogen) atoms. The normalized spacial score (nSPS) is 9.89. The number of nitrogens with one attached hydrogen (secondary N) is 1. The van der Waals surface area contributed by atoms with Crippen molar-refractivity contribution in [2.75, 3.05) is 6.61 Å². The van der Waals surface area contributed by atoms with Gasteiger partial charge in [0.05, 0.1) is 12.3 Å². The lowest BCUT2D eigenvalue weighted by molar-refractivity contribution is 0.341. The summed E-state index contributed by atoms with van der Waals surface area (Å²) in [5.41, 5.74) is 11.1. The van der Waals surface area contributed by atoms with E-state index in [1.165, 1.54) is 0 Å². The second-order valence-electron chi connectivity index (χ2n) is 3.76. The molecule has 0 atom stereocenters. The zero-order chi connectivity index (χ0) is 13.0. The number of azide groups is 1. The molecule has 0 aliphatic heterocycles. The summed E-state index contributed by atoms with van der Waals surface area (Å²) in [5.74, 6) is 1.15. The first kappa shape index (κ1) is 12.0. The van der Waals surface area contributed by atoms with E-state index in [1.807, 2.05) is 32.0 Å². The zero-order valence-corrected chi connectivity index (χ0v) is 10.2. The maximum Gasteiger partial charge on any atom is 0.128 e. The molecule has 6 nitrogen and oxygen atoms in total. The van der Waals surface area contributed by atoms with Gasteiger partial charge in [-0.15, -0.1) is 0 Å². The summed E-state index contributed by atoms with van der Waals surface area (Å²) < 4.78 is 5.56. The van der Waals surface area contributed by atoms with Gasteiger partial charge in [0.2, 0.25) is 0 Å². The van der Waals surface area contributed by atoms with Gasteiger partial charge in [0.15, 0.2) is 0 Å². The summed E-state index contributed by atoms with van der Waals surface area (Å²) in [6.45, 7) is 4.52. The van der Waals surface area contributed by atoms with Crippen molar-refractivity contribution in [2.45, 2.75) is 13.8 Å². The van der Waals surface area contributed by atoms with E-state index in [0.29, 0.717) is 18.1 Å². The van der Waals surface area contributed by atoms with E-state index in [1.54, 1.807) is 6.07 Å². The van der Waals surface area contributed by atoms with Crippen molar-refractivity contribution in [1.82, 2.24) is 10.2 Å². The highest BCUT2D eigenvalue weighted by atomic mass is 16.5. The Bertz CT molecular complexity index is 598. The first-order chi connectivity index (χ1) is 8.74. The Hall–Kier alpha value is -2.46. The Labute approximate surface area is 104 Å². The number of ether oxygens (including phenoxy) is 1. The zero-order valence-electron chi connectivity index (χ0n) is 10.2. The smallest absolute Gasteiger partial charge is 0.128 e. The van der Waals surface area contributed by atoms with E-state index in [4.69, 9.17) is 10.3 Å². The quantitative estimate of drug-likeness (QED) is 0.504. The van der Waals surface area contributed by atoms with Gasteiger partial charge in [-0.2, -0.15) is 5.10 Å². The van der Waals surface area contributed by atoms with Gasteiger partial charge in [0.1, 0.15) is 11.6 Å². The maximum absolute atomic E-state index is 8.37. The molecule has 0 amide bonds. The van der Waals surface area contributed by atoms with Crippen LogP contribution in [0.25, 0.3) is 21.7 Å². The minimum absolute atomic E-state index is 0.386. The van der Waals surface area contributed by atoms with Gasteiger partial charge >= 0.3 is 0 Å². The number of rotatable bonds is 4. The molecular formula is C12H13N5O. The Morgan fingerprint density at radius 3 is 3.00 bits per heavy atom. The average molecular weight is 243 g/mol. The largest absolute Gasteiger partial charge is 0.493 e. The summed E-state index contributed by atoms with van der Waals surface area (Å²) in [5, 5.41) is 10.3. The maximum atomic E-state index is 8.37. The average Bonchev–Trinajstić information content (AvgIpc) is 2.81. The van der Waals surface area contributed by atoms with Crippen LogP contribution >= 0.6 is 0 Å². The molecule has 6 heteroatoms. The van der Waals surface area contributed by atoms with Gasteiger partial charge in [-0.25, -0.2) is 0 Å². The number of hydrogen-bond donors (Lipinski definition) is 1. The van der Waals surface area contributed by atoms with Gasteiger partial charge in [-0.3, -0.25) is 5.10 Å². The minimum Gasteiger partial charge on any atom is -0.493 e. The molecule has 0 unspecified atom stereocenters. The summed E-state index contributed by atoms with van der Waals surface area (Å²) in [7, 11) is 0. The summed E-state index contributed by atoms with van der Waals surface area (Å²) >= 11 is 0. The van der Waals surface area contributed by atoms with Crippen molar-refractivity contribution < 1.29 is 4.74 Å². The van der Waals surface area contributed by atoms with Crippen molar-refractivity contribution >= 4 is 5.82 Å². The molecule has 0 aliphatic carbocycles. The Morgan fingerprint density at radius 1 is 1.44 bits per heavy atom. The fourth-order valence-electron chi connectivity index (χ4n) is 1.67. The third-order valence-electron chi connectivity index (χ3n) is 2.43. The SMILES string of the molecule is CCOc1ccc(C)cc1-c1cc(N=[N+]=[N-])[nH]n1. The Morgan fingerprint density at radius 2 is 2.28 bits per heavy atom. The van der Waals surface area contributed by atoms with Crippen LogP contribution in [-0.4, -0.2) is 16.8 Å². The second kappa shape index (κ2) is 5.25. The molecule has 0 fully saturated rings. The molecule has 92 valence electrons. The fourth-order valence-corrected chi connectivity index (χ4v) is 1.67. The first-order valence-electron chi connectivity index (χ1n) is 5.59. The van der Waals surface area contributed by atoms with Crippen LogP contribution in [0, 0.1) is 6.92 Å². The summed E-state index contributed by atoms with van der Waals surface area (Å²) in [6.07, 6.45) is 0. The molecule has 0 saturated carbocycles.